The third-order valence-electron chi connectivity index (χ3n) is 4.02. The summed E-state index contributed by atoms with van der Waals surface area (Å²) in [7, 11) is 0. The first-order chi connectivity index (χ1) is 12.0. The van der Waals surface area contributed by atoms with E-state index in [0.29, 0.717) is 23.0 Å². The summed E-state index contributed by atoms with van der Waals surface area (Å²) in [5, 5.41) is 5.70. The lowest BCUT2D eigenvalue weighted by atomic mass is 10.1. The van der Waals surface area contributed by atoms with Gasteiger partial charge in [0.25, 0.3) is 11.8 Å². The molecular weight excluding hydrogens is 316 g/mol. The molecule has 1 fully saturated rings. The lowest BCUT2D eigenvalue weighted by Crippen LogP contribution is -2.25. The number of carbonyl (C=O) groups is 2. The highest BCUT2D eigenvalue weighted by molar-refractivity contribution is 5.97. The van der Waals surface area contributed by atoms with Gasteiger partial charge in [-0.25, -0.2) is 0 Å². The van der Waals surface area contributed by atoms with E-state index in [-0.39, 0.29) is 18.4 Å². The summed E-state index contributed by atoms with van der Waals surface area (Å²) in [4.78, 5) is 24.2. The molecule has 25 heavy (non-hydrogen) atoms. The first kappa shape index (κ1) is 17.0. The number of ether oxygens (including phenoxy) is 1. The average molecular weight is 338 g/mol. The van der Waals surface area contributed by atoms with Gasteiger partial charge in [0.2, 0.25) is 0 Å². The van der Waals surface area contributed by atoms with E-state index in [9.17, 15) is 9.59 Å². The normalized spacial score (nSPS) is 13.2. The summed E-state index contributed by atoms with van der Waals surface area (Å²) in [6.07, 6.45) is 2.08. The van der Waals surface area contributed by atoms with Crippen molar-refractivity contribution in [3.8, 4) is 5.75 Å². The summed E-state index contributed by atoms with van der Waals surface area (Å²) in [5.41, 5.74) is 3.19. The average Bonchev–Trinajstić information content (AvgIpc) is 3.40. The van der Waals surface area contributed by atoms with Crippen LogP contribution in [-0.4, -0.2) is 24.5 Å². The Morgan fingerprint density at radius 2 is 1.92 bits per heavy atom. The van der Waals surface area contributed by atoms with Crippen LogP contribution in [-0.2, 0) is 4.79 Å². The Bertz CT molecular complexity index is 797. The van der Waals surface area contributed by atoms with Crippen LogP contribution in [0.3, 0.4) is 0 Å². The molecule has 2 aromatic rings. The van der Waals surface area contributed by atoms with Crippen molar-refractivity contribution < 1.29 is 14.3 Å². The molecule has 0 aromatic heterocycles. The van der Waals surface area contributed by atoms with Gasteiger partial charge >= 0.3 is 0 Å². The van der Waals surface area contributed by atoms with Crippen LogP contribution in [0.25, 0.3) is 0 Å². The number of rotatable bonds is 6. The maximum atomic E-state index is 12.1. The number of hydrogen-bond acceptors (Lipinski definition) is 3. The number of carbonyl (C=O) groups excluding carboxylic acids is 2. The highest BCUT2D eigenvalue weighted by atomic mass is 16.5. The zero-order valence-corrected chi connectivity index (χ0v) is 14.5. The van der Waals surface area contributed by atoms with Crippen molar-refractivity contribution in [3.63, 3.8) is 0 Å². The van der Waals surface area contributed by atoms with E-state index in [4.69, 9.17) is 4.74 Å². The summed E-state index contributed by atoms with van der Waals surface area (Å²) in [6, 6.07) is 13.1. The Labute approximate surface area is 147 Å². The third-order valence-corrected chi connectivity index (χ3v) is 4.02. The van der Waals surface area contributed by atoms with Gasteiger partial charge in [0.15, 0.2) is 6.61 Å². The van der Waals surface area contributed by atoms with Gasteiger partial charge in [-0.1, -0.05) is 18.2 Å². The van der Waals surface area contributed by atoms with Crippen molar-refractivity contribution in [2.45, 2.75) is 32.7 Å². The maximum Gasteiger partial charge on any atom is 0.262 e. The smallest absolute Gasteiger partial charge is 0.262 e. The van der Waals surface area contributed by atoms with Crippen molar-refractivity contribution in [2.75, 3.05) is 11.9 Å². The van der Waals surface area contributed by atoms with Gasteiger partial charge in [0.05, 0.1) is 0 Å². The van der Waals surface area contributed by atoms with E-state index in [1.165, 1.54) is 0 Å². The standard InChI is InChI=1S/C20H22N2O3/c1-13-6-7-14(2)18(10-13)25-12-19(23)21-17-5-3-4-15(11-17)20(24)22-16-8-9-16/h3-7,10-11,16H,8-9,12H2,1-2H3,(H,21,23)(H,22,24). The topological polar surface area (TPSA) is 67.4 Å². The number of amides is 2. The van der Waals surface area contributed by atoms with Crippen LogP contribution in [0.2, 0.25) is 0 Å². The molecule has 2 amide bonds. The lowest BCUT2D eigenvalue weighted by Gasteiger charge is -2.11. The van der Waals surface area contributed by atoms with E-state index in [0.717, 1.165) is 24.0 Å². The monoisotopic (exact) mass is 338 g/mol. The summed E-state index contributed by atoms with van der Waals surface area (Å²) in [5.74, 6) is 0.332. The first-order valence-corrected chi connectivity index (χ1v) is 8.42. The van der Waals surface area contributed by atoms with Gasteiger partial charge in [-0.05, 0) is 62.1 Å². The van der Waals surface area contributed by atoms with E-state index in [1.54, 1.807) is 24.3 Å². The zero-order chi connectivity index (χ0) is 17.8. The van der Waals surface area contributed by atoms with E-state index in [1.807, 2.05) is 32.0 Å². The summed E-state index contributed by atoms with van der Waals surface area (Å²) < 4.78 is 5.60. The fourth-order valence-electron chi connectivity index (χ4n) is 2.44. The molecule has 2 aromatic carbocycles. The highest BCUT2D eigenvalue weighted by Crippen LogP contribution is 2.20. The van der Waals surface area contributed by atoms with Crippen molar-refractivity contribution in [2.24, 2.45) is 0 Å². The molecule has 0 heterocycles. The first-order valence-electron chi connectivity index (χ1n) is 8.42. The van der Waals surface area contributed by atoms with Crippen molar-refractivity contribution >= 4 is 17.5 Å². The molecule has 0 radical (unpaired) electrons. The van der Waals surface area contributed by atoms with Gasteiger partial charge < -0.3 is 15.4 Å². The number of aryl methyl sites for hydroxylation is 2. The molecule has 1 aliphatic rings. The van der Waals surface area contributed by atoms with Gasteiger partial charge in [-0.2, -0.15) is 0 Å². The van der Waals surface area contributed by atoms with Crippen LogP contribution in [0.5, 0.6) is 5.75 Å². The SMILES string of the molecule is Cc1ccc(C)c(OCC(=O)Nc2cccc(C(=O)NC3CC3)c2)c1. The van der Waals surface area contributed by atoms with Crippen LogP contribution in [0.1, 0.15) is 34.3 Å². The second-order valence-electron chi connectivity index (χ2n) is 6.43. The summed E-state index contributed by atoms with van der Waals surface area (Å²) >= 11 is 0. The molecule has 0 spiro atoms. The van der Waals surface area contributed by atoms with Crippen molar-refractivity contribution in [1.29, 1.82) is 0 Å². The molecule has 0 unspecified atom stereocenters. The molecule has 1 saturated carbocycles. The Balaban J connectivity index is 1.57. The largest absolute Gasteiger partial charge is 0.483 e. The Morgan fingerprint density at radius 1 is 1.12 bits per heavy atom. The number of anilines is 1. The molecule has 5 nitrogen and oxygen atoms in total. The predicted molar refractivity (Wildman–Crippen MR) is 97.0 cm³/mol. The van der Waals surface area contributed by atoms with Crippen molar-refractivity contribution in [1.82, 2.24) is 5.32 Å². The van der Waals surface area contributed by atoms with E-state index >= 15 is 0 Å². The van der Waals surface area contributed by atoms with Crippen LogP contribution in [0.15, 0.2) is 42.5 Å². The predicted octanol–water partition coefficient (Wildman–Crippen LogP) is 3.21. The van der Waals surface area contributed by atoms with Crippen molar-refractivity contribution in [3.05, 3.63) is 59.2 Å². The molecule has 3 rings (SSSR count). The lowest BCUT2D eigenvalue weighted by molar-refractivity contribution is -0.118. The number of benzene rings is 2. The minimum absolute atomic E-state index is 0.0806. The molecule has 0 atom stereocenters. The van der Waals surface area contributed by atoms with Gasteiger partial charge in [-0.15, -0.1) is 0 Å². The Kier molecular flexibility index (Phi) is 5.03. The number of nitrogens with one attached hydrogen (secondary N) is 2. The fraction of sp³-hybridized carbons (Fsp3) is 0.300. The molecule has 0 aliphatic heterocycles. The summed E-state index contributed by atoms with van der Waals surface area (Å²) in [6.45, 7) is 3.84. The highest BCUT2D eigenvalue weighted by Gasteiger charge is 2.23. The van der Waals surface area contributed by atoms with Gasteiger partial charge in [0.1, 0.15) is 5.75 Å². The van der Waals surface area contributed by atoms with Gasteiger partial charge in [-0.3, -0.25) is 9.59 Å². The molecule has 1 aliphatic carbocycles. The number of hydrogen-bond donors (Lipinski definition) is 2. The molecule has 130 valence electrons. The van der Waals surface area contributed by atoms with Gasteiger partial charge in [0, 0.05) is 17.3 Å². The third kappa shape index (κ3) is 4.83. The Morgan fingerprint density at radius 3 is 2.68 bits per heavy atom. The quantitative estimate of drug-likeness (QED) is 0.850. The molecule has 0 bridgehead atoms. The maximum absolute atomic E-state index is 12.1. The molecule has 5 heteroatoms. The van der Waals surface area contributed by atoms with E-state index < -0.39 is 0 Å². The minimum atomic E-state index is -0.263. The second-order valence-corrected chi connectivity index (χ2v) is 6.43. The minimum Gasteiger partial charge on any atom is -0.483 e. The second kappa shape index (κ2) is 7.38. The van der Waals surface area contributed by atoms with Crippen LogP contribution in [0, 0.1) is 13.8 Å². The Hall–Kier alpha value is -2.82. The van der Waals surface area contributed by atoms with Crippen LogP contribution in [0.4, 0.5) is 5.69 Å². The van der Waals surface area contributed by atoms with Crippen LogP contribution < -0.4 is 15.4 Å². The zero-order valence-electron chi connectivity index (χ0n) is 14.5. The fourth-order valence-corrected chi connectivity index (χ4v) is 2.44. The van der Waals surface area contributed by atoms with Crippen LogP contribution >= 0.6 is 0 Å². The molecular formula is C20H22N2O3. The van der Waals surface area contributed by atoms with E-state index in [2.05, 4.69) is 10.6 Å². The molecule has 2 N–H and O–H groups in total. The molecule has 0 saturated heterocycles.